The van der Waals surface area contributed by atoms with E-state index in [1.165, 1.54) is 6.07 Å². The zero-order chi connectivity index (χ0) is 8.72. The molecule has 0 saturated heterocycles. The van der Waals surface area contributed by atoms with Gasteiger partial charge in [-0.2, -0.15) is 0 Å². The zero-order valence-electron chi connectivity index (χ0n) is 6.05. The molecule has 1 aliphatic heterocycles. The van der Waals surface area contributed by atoms with E-state index in [0.717, 1.165) is 6.07 Å². The predicted octanol–water partition coefficient (Wildman–Crippen LogP) is 0.183. The first kappa shape index (κ1) is 7.70. The van der Waals surface area contributed by atoms with Gasteiger partial charge >= 0.3 is 7.12 Å². The third-order valence-electron chi connectivity index (χ3n) is 1.88. The molecule has 2 rings (SSSR count). The number of halogens is 2. The molecule has 62 valence electrons. The maximum absolute atomic E-state index is 12.9. The molecule has 0 amide bonds. The molecule has 1 aromatic rings. The molecule has 0 bridgehead atoms. The average Bonchev–Trinajstić information content (AvgIpc) is 2.41. The van der Waals surface area contributed by atoms with Gasteiger partial charge in [0.05, 0.1) is 6.61 Å². The molecule has 0 aliphatic carbocycles. The molecule has 2 nitrogen and oxygen atoms in total. The summed E-state index contributed by atoms with van der Waals surface area (Å²) >= 11 is 0. The molecule has 0 aromatic heterocycles. The second kappa shape index (κ2) is 2.53. The van der Waals surface area contributed by atoms with Crippen LogP contribution in [0.3, 0.4) is 0 Å². The fourth-order valence-corrected chi connectivity index (χ4v) is 1.24. The number of hydrogen-bond donors (Lipinski definition) is 1. The number of fused-ring (bicyclic) bond motifs is 1. The van der Waals surface area contributed by atoms with Crippen LogP contribution in [0.4, 0.5) is 8.78 Å². The van der Waals surface area contributed by atoms with Gasteiger partial charge in [-0.05, 0) is 11.5 Å². The summed E-state index contributed by atoms with van der Waals surface area (Å²) in [4.78, 5) is 0. The number of hydrogen-bond acceptors (Lipinski definition) is 2. The largest absolute Gasteiger partial charge is 0.491 e. The van der Waals surface area contributed by atoms with Gasteiger partial charge < -0.3 is 9.68 Å². The van der Waals surface area contributed by atoms with Crippen molar-refractivity contribution >= 4 is 12.6 Å². The minimum atomic E-state index is -1.12. The fourth-order valence-electron chi connectivity index (χ4n) is 1.24. The highest BCUT2D eigenvalue weighted by atomic mass is 19.2. The molecule has 12 heavy (non-hydrogen) atoms. The number of benzene rings is 1. The maximum Gasteiger partial charge on any atom is 0.491 e. The van der Waals surface area contributed by atoms with E-state index in [1.807, 2.05) is 0 Å². The van der Waals surface area contributed by atoms with E-state index in [0.29, 0.717) is 5.46 Å². The van der Waals surface area contributed by atoms with Crippen LogP contribution in [0.5, 0.6) is 0 Å². The summed E-state index contributed by atoms with van der Waals surface area (Å²) in [6.07, 6.45) is 0. The van der Waals surface area contributed by atoms with E-state index in [4.69, 9.17) is 9.68 Å². The number of rotatable bonds is 0. The highest BCUT2D eigenvalue weighted by molar-refractivity contribution is 6.61. The van der Waals surface area contributed by atoms with Crippen molar-refractivity contribution in [3.63, 3.8) is 0 Å². The smallest absolute Gasteiger partial charge is 0.423 e. The van der Waals surface area contributed by atoms with E-state index in [1.54, 1.807) is 0 Å². The summed E-state index contributed by atoms with van der Waals surface area (Å²) in [5, 5.41) is 9.09. The summed E-state index contributed by atoms with van der Waals surface area (Å²) in [5.41, 5.74) is 0.427. The molecular formula is C7H5BF2O2. The Morgan fingerprint density at radius 2 is 2.17 bits per heavy atom. The molecule has 0 radical (unpaired) electrons. The van der Waals surface area contributed by atoms with E-state index < -0.39 is 18.8 Å². The second-order valence-corrected chi connectivity index (χ2v) is 2.59. The van der Waals surface area contributed by atoms with Crippen LogP contribution in [0, 0.1) is 11.6 Å². The summed E-state index contributed by atoms with van der Waals surface area (Å²) in [6.45, 7) is -0.0694. The van der Waals surface area contributed by atoms with Crippen LogP contribution in [0.2, 0.25) is 0 Å². The highest BCUT2D eigenvalue weighted by Crippen LogP contribution is 2.15. The first-order valence-electron chi connectivity index (χ1n) is 3.46. The van der Waals surface area contributed by atoms with Gasteiger partial charge in [0, 0.05) is 5.56 Å². The molecule has 1 N–H and O–H groups in total. The van der Waals surface area contributed by atoms with Gasteiger partial charge in [-0.1, -0.05) is 6.07 Å². The summed E-state index contributed by atoms with van der Waals surface area (Å²) in [5.74, 6) is -1.84. The van der Waals surface area contributed by atoms with Crippen LogP contribution in [-0.4, -0.2) is 12.1 Å². The molecule has 0 unspecified atom stereocenters. The standard InChI is InChI=1S/C7H5BF2O2/c9-6-2-1-5-4(7(6)10)3-12-8(5)11/h1-2,11H,3H2. The maximum atomic E-state index is 12.9. The van der Waals surface area contributed by atoms with Crippen LogP contribution >= 0.6 is 0 Å². The lowest BCUT2D eigenvalue weighted by molar-refractivity contribution is 0.271. The third-order valence-corrected chi connectivity index (χ3v) is 1.88. The first-order valence-corrected chi connectivity index (χ1v) is 3.46. The molecule has 1 aliphatic rings. The molecule has 1 aromatic carbocycles. The topological polar surface area (TPSA) is 29.5 Å². The minimum Gasteiger partial charge on any atom is -0.423 e. The Kier molecular flexibility index (Phi) is 1.63. The highest BCUT2D eigenvalue weighted by Gasteiger charge is 2.30. The minimum absolute atomic E-state index is 0.0694. The SMILES string of the molecule is OB1OCc2c1ccc(F)c2F. The van der Waals surface area contributed by atoms with Crippen molar-refractivity contribution < 1.29 is 18.5 Å². The van der Waals surface area contributed by atoms with Crippen LogP contribution in [0.25, 0.3) is 0 Å². The van der Waals surface area contributed by atoms with Gasteiger partial charge in [0.15, 0.2) is 11.6 Å². The van der Waals surface area contributed by atoms with E-state index >= 15 is 0 Å². The van der Waals surface area contributed by atoms with Crippen LogP contribution in [0.15, 0.2) is 12.1 Å². The monoisotopic (exact) mass is 170 g/mol. The first-order chi connectivity index (χ1) is 5.70. The summed E-state index contributed by atoms with van der Waals surface area (Å²) in [6, 6.07) is 2.30. The Bertz CT molecular complexity index is 329. The van der Waals surface area contributed by atoms with Crippen LogP contribution in [-0.2, 0) is 11.3 Å². The van der Waals surface area contributed by atoms with Crippen molar-refractivity contribution in [1.82, 2.24) is 0 Å². The quantitative estimate of drug-likeness (QED) is 0.562. The molecule has 0 saturated carbocycles. The van der Waals surface area contributed by atoms with Gasteiger partial charge in [0.1, 0.15) is 0 Å². The fraction of sp³-hybridized carbons (Fsp3) is 0.143. The van der Waals surface area contributed by atoms with Crippen molar-refractivity contribution in [2.24, 2.45) is 0 Å². The lowest BCUT2D eigenvalue weighted by Gasteiger charge is -1.99. The summed E-state index contributed by atoms with van der Waals surface area (Å²) < 4.78 is 30.2. The Labute approximate surface area is 67.9 Å². The molecule has 0 spiro atoms. The van der Waals surface area contributed by atoms with Gasteiger partial charge in [-0.3, -0.25) is 0 Å². The lowest BCUT2D eigenvalue weighted by atomic mass is 9.79. The van der Waals surface area contributed by atoms with Crippen molar-refractivity contribution in [2.45, 2.75) is 6.61 Å². The lowest BCUT2D eigenvalue weighted by Crippen LogP contribution is -2.28. The molecule has 0 atom stereocenters. The van der Waals surface area contributed by atoms with Gasteiger partial charge in [-0.15, -0.1) is 0 Å². The van der Waals surface area contributed by atoms with Crippen molar-refractivity contribution in [2.75, 3.05) is 0 Å². The Morgan fingerprint density at radius 3 is 2.92 bits per heavy atom. The Balaban J connectivity index is 2.60. The summed E-state index contributed by atoms with van der Waals surface area (Å²) in [7, 11) is -1.12. The molecule has 0 fully saturated rings. The van der Waals surface area contributed by atoms with Crippen molar-refractivity contribution in [3.05, 3.63) is 29.3 Å². The van der Waals surface area contributed by atoms with E-state index in [2.05, 4.69) is 0 Å². The molecule has 5 heteroatoms. The normalized spacial score (nSPS) is 15.1. The van der Waals surface area contributed by atoms with Gasteiger partial charge in [-0.25, -0.2) is 8.78 Å². The third kappa shape index (κ3) is 0.938. The second-order valence-electron chi connectivity index (χ2n) is 2.59. The van der Waals surface area contributed by atoms with E-state index in [9.17, 15) is 8.78 Å². The predicted molar refractivity (Wildman–Crippen MR) is 38.8 cm³/mol. The Morgan fingerprint density at radius 1 is 1.42 bits per heavy atom. The van der Waals surface area contributed by atoms with E-state index in [-0.39, 0.29) is 12.2 Å². The van der Waals surface area contributed by atoms with Crippen molar-refractivity contribution in [1.29, 1.82) is 0 Å². The zero-order valence-corrected chi connectivity index (χ0v) is 6.05. The average molecular weight is 170 g/mol. The van der Waals surface area contributed by atoms with Gasteiger partial charge in [0.25, 0.3) is 0 Å². The van der Waals surface area contributed by atoms with Crippen molar-refractivity contribution in [3.8, 4) is 0 Å². The molecular weight excluding hydrogens is 165 g/mol. The van der Waals surface area contributed by atoms with Gasteiger partial charge in [0.2, 0.25) is 0 Å². The van der Waals surface area contributed by atoms with Crippen LogP contribution in [0.1, 0.15) is 5.56 Å². The molecule has 1 heterocycles. The van der Waals surface area contributed by atoms with Crippen LogP contribution < -0.4 is 5.46 Å². The Hall–Kier alpha value is -0.935.